The van der Waals surface area contributed by atoms with Gasteiger partial charge in [-0.1, -0.05) is 20.8 Å². The van der Waals surface area contributed by atoms with Crippen molar-refractivity contribution in [3.8, 4) is 0 Å². The minimum absolute atomic E-state index is 0.0232. The van der Waals surface area contributed by atoms with E-state index in [0.29, 0.717) is 39.2 Å². The van der Waals surface area contributed by atoms with Gasteiger partial charge >= 0.3 is 0 Å². The maximum absolute atomic E-state index is 13.6. The van der Waals surface area contributed by atoms with Gasteiger partial charge in [0.1, 0.15) is 18.3 Å². The molecule has 3 N–H and O–H groups in total. The van der Waals surface area contributed by atoms with Crippen molar-refractivity contribution in [1.82, 2.24) is 20.0 Å². The van der Waals surface area contributed by atoms with Gasteiger partial charge in [0.25, 0.3) is 0 Å². The number of carbonyl (C=O) groups is 3. The lowest BCUT2D eigenvalue weighted by Crippen LogP contribution is -2.55. The van der Waals surface area contributed by atoms with Crippen molar-refractivity contribution in [3.63, 3.8) is 0 Å². The Morgan fingerprint density at radius 3 is 2.49 bits per heavy atom. The van der Waals surface area contributed by atoms with Crippen molar-refractivity contribution in [3.05, 3.63) is 0 Å². The summed E-state index contributed by atoms with van der Waals surface area (Å²) in [6, 6.07) is -0.550. The summed E-state index contributed by atoms with van der Waals surface area (Å²) in [6.07, 6.45) is -4.11. The number of aliphatic hydroxyl groups is 2. The lowest BCUT2D eigenvalue weighted by atomic mass is 9.95. The van der Waals surface area contributed by atoms with E-state index >= 15 is 0 Å². The molecule has 7 atom stereocenters. The summed E-state index contributed by atoms with van der Waals surface area (Å²) in [5.41, 5.74) is -0.0291. The van der Waals surface area contributed by atoms with Gasteiger partial charge in [0, 0.05) is 52.2 Å². The Kier molecular flexibility index (Phi) is 7.73. The van der Waals surface area contributed by atoms with Crippen molar-refractivity contribution in [2.24, 2.45) is 5.41 Å². The SMILES string of the molecule is CC(=O)N1C[C@@H]2CN(CCO2)C(=O)[C@@H]2C[C@@H](CN2CC(C)(C)C)NC(=O)C[C@@H]2O[C@H](C1)[C@@H](O)[C@H]2O. The van der Waals surface area contributed by atoms with E-state index in [1.54, 1.807) is 0 Å². The van der Waals surface area contributed by atoms with Gasteiger partial charge < -0.3 is 34.8 Å². The lowest BCUT2D eigenvalue weighted by molar-refractivity contribution is -0.147. The molecule has 3 amide bonds. The molecule has 0 aromatic heterocycles. The number of carbonyl (C=O) groups excluding carboxylic acids is 3. The molecule has 4 rings (SSSR count). The largest absolute Gasteiger partial charge is 0.388 e. The second-order valence-electron chi connectivity index (χ2n) is 11.6. The van der Waals surface area contributed by atoms with Crippen LogP contribution in [0.3, 0.4) is 0 Å². The fourth-order valence-electron chi connectivity index (χ4n) is 5.70. The van der Waals surface area contributed by atoms with Gasteiger partial charge in [-0.3, -0.25) is 19.3 Å². The van der Waals surface area contributed by atoms with E-state index < -0.39 is 24.4 Å². The summed E-state index contributed by atoms with van der Waals surface area (Å²) in [5, 5.41) is 24.1. The zero-order valence-corrected chi connectivity index (χ0v) is 21.2. The van der Waals surface area contributed by atoms with Crippen LogP contribution in [-0.2, 0) is 23.9 Å². The van der Waals surface area contributed by atoms with Crippen LogP contribution in [0.1, 0.15) is 40.5 Å². The number of hydrogen-bond donors (Lipinski definition) is 3. The highest BCUT2D eigenvalue weighted by atomic mass is 16.5. The van der Waals surface area contributed by atoms with Gasteiger partial charge in [-0.05, 0) is 11.8 Å². The number of aliphatic hydroxyl groups excluding tert-OH is 2. The van der Waals surface area contributed by atoms with Gasteiger partial charge in [0.05, 0.1) is 31.3 Å². The van der Waals surface area contributed by atoms with Gasteiger partial charge in [-0.2, -0.15) is 0 Å². The molecule has 35 heavy (non-hydrogen) atoms. The first-order chi connectivity index (χ1) is 16.4. The first-order valence-corrected chi connectivity index (χ1v) is 12.6. The van der Waals surface area contributed by atoms with Crippen LogP contribution in [0.5, 0.6) is 0 Å². The van der Waals surface area contributed by atoms with Gasteiger partial charge in [0.2, 0.25) is 17.7 Å². The van der Waals surface area contributed by atoms with Crippen molar-refractivity contribution in [2.45, 2.75) is 83.1 Å². The van der Waals surface area contributed by atoms with E-state index in [9.17, 15) is 24.6 Å². The van der Waals surface area contributed by atoms with Crippen molar-refractivity contribution in [2.75, 3.05) is 45.9 Å². The first kappa shape index (κ1) is 26.3. The third-order valence-corrected chi connectivity index (χ3v) is 7.30. The molecule has 0 aliphatic carbocycles. The number of fused-ring (bicyclic) bond motifs is 6. The smallest absolute Gasteiger partial charge is 0.240 e. The summed E-state index contributed by atoms with van der Waals surface area (Å²) in [4.78, 5) is 44.4. The highest BCUT2D eigenvalue weighted by Gasteiger charge is 2.46. The Bertz CT molecular complexity index is 818. The van der Waals surface area contributed by atoms with Crippen LogP contribution in [0.4, 0.5) is 0 Å². The minimum Gasteiger partial charge on any atom is -0.388 e. The Morgan fingerprint density at radius 1 is 1.09 bits per heavy atom. The number of rotatable bonds is 1. The predicted molar refractivity (Wildman–Crippen MR) is 125 cm³/mol. The van der Waals surface area contributed by atoms with Crippen LogP contribution in [0.15, 0.2) is 0 Å². The number of likely N-dealkylation sites (tertiary alicyclic amines) is 1. The molecule has 4 saturated heterocycles. The Morgan fingerprint density at radius 2 is 1.80 bits per heavy atom. The molecular weight excluding hydrogens is 456 g/mol. The first-order valence-electron chi connectivity index (χ1n) is 12.6. The predicted octanol–water partition coefficient (Wildman–Crippen LogP) is -1.44. The Hall–Kier alpha value is -1.79. The Balaban J connectivity index is 1.60. The van der Waals surface area contributed by atoms with Crippen molar-refractivity contribution < 1.29 is 34.1 Å². The normalized spacial score (nSPS) is 37.5. The maximum Gasteiger partial charge on any atom is 0.240 e. The van der Waals surface area contributed by atoms with Crippen LogP contribution in [0.25, 0.3) is 0 Å². The fourth-order valence-corrected chi connectivity index (χ4v) is 5.70. The second-order valence-corrected chi connectivity index (χ2v) is 11.6. The summed E-state index contributed by atoms with van der Waals surface area (Å²) < 4.78 is 11.8. The van der Waals surface area contributed by atoms with Crippen LogP contribution in [0.2, 0.25) is 0 Å². The van der Waals surface area contributed by atoms with E-state index in [1.165, 1.54) is 11.8 Å². The minimum atomic E-state index is -1.23. The highest BCUT2D eigenvalue weighted by Crippen LogP contribution is 2.28. The van der Waals surface area contributed by atoms with Gasteiger partial charge in [-0.25, -0.2) is 0 Å². The van der Waals surface area contributed by atoms with Crippen LogP contribution in [0, 0.1) is 5.41 Å². The molecule has 6 bridgehead atoms. The highest BCUT2D eigenvalue weighted by molar-refractivity contribution is 5.83. The second kappa shape index (κ2) is 10.3. The molecule has 11 nitrogen and oxygen atoms in total. The quantitative estimate of drug-likeness (QED) is 0.402. The van der Waals surface area contributed by atoms with E-state index in [1.807, 2.05) is 4.90 Å². The average Bonchev–Trinajstić information content (AvgIpc) is 3.26. The van der Waals surface area contributed by atoms with Crippen LogP contribution in [-0.4, -0.2) is 131 Å². The summed E-state index contributed by atoms with van der Waals surface area (Å²) in [7, 11) is 0. The molecule has 4 aliphatic rings. The Labute approximate surface area is 206 Å². The molecule has 0 saturated carbocycles. The number of nitrogens with zero attached hydrogens (tertiary/aromatic N) is 3. The van der Waals surface area contributed by atoms with Crippen LogP contribution < -0.4 is 5.32 Å². The van der Waals surface area contributed by atoms with Gasteiger partial charge in [0.15, 0.2) is 0 Å². The van der Waals surface area contributed by atoms with E-state index in [2.05, 4.69) is 31.0 Å². The summed E-state index contributed by atoms with van der Waals surface area (Å²) >= 11 is 0. The number of nitrogens with one attached hydrogen (secondary N) is 1. The van der Waals surface area contributed by atoms with E-state index in [4.69, 9.17) is 9.47 Å². The third kappa shape index (κ3) is 6.14. The molecule has 4 heterocycles. The van der Waals surface area contributed by atoms with E-state index in [-0.39, 0.29) is 60.8 Å². The lowest BCUT2D eigenvalue weighted by Gasteiger charge is -2.39. The number of ether oxygens (including phenoxy) is 2. The maximum atomic E-state index is 13.6. The molecule has 11 heteroatoms. The zero-order valence-electron chi connectivity index (χ0n) is 21.2. The monoisotopic (exact) mass is 496 g/mol. The fraction of sp³-hybridized carbons (Fsp3) is 0.875. The standard InChI is InChI=1S/C24H40N4O7/c1-14(29)27-11-16-10-26(5-6-34-16)23(33)17-7-15(9-28(17)13-24(2,3)4)25-20(30)8-18-21(31)22(32)19(12-27)35-18/h15-19,21-22,31-32H,5-13H2,1-4H3,(H,25,30)/t15-,16-,17-,18-,19+,21-,22+/m0/s1. The summed E-state index contributed by atoms with van der Waals surface area (Å²) in [6.45, 7) is 10.6. The molecule has 0 spiro atoms. The molecule has 4 aliphatic heterocycles. The summed E-state index contributed by atoms with van der Waals surface area (Å²) in [5.74, 6) is -0.493. The van der Waals surface area contributed by atoms with Crippen molar-refractivity contribution in [1.29, 1.82) is 0 Å². The molecule has 198 valence electrons. The van der Waals surface area contributed by atoms with Gasteiger partial charge in [-0.15, -0.1) is 0 Å². The molecule has 4 fully saturated rings. The molecule has 0 unspecified atom stereocenters. The topological polar surface area (TPSA) is 132 Å². The zero-order chi connectivity index (χ0) is 25.5. The average molecular weight is 497 g/mol. The number of morpholine rings is 1. The molecule has 0 aromatic carbocycles. The third-order valence-electron chi connectivity index (χ3n) is 7.30. The number of hydrogen-bond acceptors (Lipinski definition) is 8. The van der Waals surface area contributed by atoms with Crippen molar-refractivity contribution >= 4 is 17.7 Å². The van der Waals surface area contributed by atoms with Crippen LogP contribution >= 0.6 is 0 Å². The molecule has 0 radical (unpaired) electrons. The number of amides is 3. The molecule has 0 aromatic rings. The van der Waals surface area contributed by atoms with E-state index in [0.717, 1.165) is 0 Å². The molecular formula is C24H40N4O7.